The molecule has 0 aliphatic heterocycles. The van der Waals surface area contributed by atoms with Gasteiger partial charge in [0.05, 0.1) is 17.7 Å². The zero-order valence-electron chi connectivity index (χ0n) is 13.8. The molecule has 1 aliphatic rings. The van der Waals surface area contributed by atoms with Gasteiger partial charge in [0, 0.05) is 31.4 Å². The maximum Gasteiger partial charge on any atom is 0.199 e. The van der Waals surface area contributed by atoms with Gasteiger partial charge in [0.2, 0.25) is 0 Å². The number of aryl methyl sites for hydroxylation is 1. The van der Waals surface area contributed by atoms with Gasteiger partial charge in [-0.15, -0.1) is 16.4 Å². The maximum atomic E-state index is 5.72. The summed E-state index contributed by atoms with van der Waals surface area (Å²) in [4.78, 5) is 3.39. The minimum atomic E-state index is 0.520. The number of aromatic nitrogens is 5. The second-order valence-corrected chi connectivity index (χ2v) is 7.67. The lowest BCUT2D eigenvalue weighted by molar-refractivity contribution is 0.244. The first-order valence-electron chi connectivity index (χ1n) is 8.01. The molecule has 4 rings (SSSR count). The number of rotatable bonds is 6. The summed E-state index contributed by atoms with van der Waals surface area (Å²) >= 11 is 7.43. The second kappa shape index (κ2) is 6.27. The maximum absolute atomic E-state index is 5.72. The second-order valence-electron chi connectivity index (χ2n) is 6.36. The van der Waals surface area contributed by atoms with Crippen molar-refractivity contribution in [1.82, 2.24) is 29.0 Å². The van der Waals surface area contributed by atoms with Crippen LogP contribution in [0.4, 0.5) is 0 Å². The van der Waals surface area contributed by atoms with E-state index < -0.39 is 0 Å². The van der Waals surface area contributed by atoms with E-state index in [1.165, 1.54) is 23.3 Å². The molecule has 3 heterocycles. The van der Waals surface area contributed by atoms with Crippen LogP contribution in [0.5, 0.6) is 0 Å². The molecular weight excluding hydrogens is 340 g/mol. The number of thiophene rings is 1. The van der Waals surface area contributed by atoms with E-state index in [1.54, 1.807) is 11.3 Å². The van der Waals surface area contributed by atoms with Crippen LogP contribution < -0.4 is 0 Å². The van der Waals surface area contributed by atoms with Gasteiger partial charge < -0.3 is 0 Å². The summed E-state index contributed by atoms with van der Waals surface area (Å²) in [6, 6.07) is 4.70. The van der Waals surface area contributed by atoms with Crippen molar-refractivity contribution in [2.45, 2.75) is 32.1 Å². The summed E-state index contributed by atoms with van der Waals surface area (Å²) in [6.45, 7) is 1.49. The Morgan fingerprint density at radius 1 is 1.42 bits per heavy atom. The molecule has 0 amide bonds. The highest BCUT2D eigenvalue weighted by molar-refractivity contribution is 7.71. The zero-order chi connectivity index (χ0) is 16.7. The van der Waals surface area contributed by atoms with Gasteiger partial charge in [-0.2, -0.15) is 5.10 Å². The van der Waals surface area contributed by atoms with Gasteiger partial charge in [-0.3, -0.25) is 14.1 Å². The Hall–Kier alpha value is -1.77. The third-order valence-corrected chi connectivity index (χ3v) is 5.38. The molecule has 126 valence electrons. The third-order valence-electron chi connectivity index (χ3n) is 4.11. The summed E-state index contributed by atoms with van der Waals surface area (Å²) in [6.07, 6.45) is 6.33. The van der Waals surface area contributed by atoms with E-state index in [9.17, 15) is 0 Å². The van der Waals surface area contributed by atoms with Gasteiger partial charge in [0.15, 0.2) is 10.6 Å². The van der Waals surface area contributed by atoms with Crippen molar-refractivity contribution < 1.29 is 0 Å². The molecule has 1 saturated carbocycles. The highest BCUT2D eigenvalue weighted by Crippen LogP contribution is 2.39. The first-order chi connectivity index (χ1) is 11.6. The monoisotopic (exact) mass is 360 g/mol. The zero-order valence-corrected chi connectivity index (χ0v) is 15.4. The minimum Gasteiger partial charge on any atom is -0.296 e. The van der Waals surface area contributed by atoms with Crippen LogP contribution in [0.15, 0.2) is 29.9 Å². The van der Waals surface area contributed by atoms with Crippen molar-refractivity contribution in [3.05, 3.63) is 40.2 Å². The fourth-order valence-corrected chi connectivity index (χ4v) is 3.93. The molecule has 8 heteroatoms. The molecular formula is C16H20N6S2. The third kappa shape index (κ3) is 3.09. The highest BCUT2D eigenvalue weighted by atomic mass is 32.1. The molecule has 1 aliphatic carbocycles. The Balaban J connectivity index is 1.59. The Morgan fingerprint density at radius 3 is 2.88 bits per heavy atom. The SMILES string of the molecule is CN(Cc1cnn(C)c1)Cn1nc(-c2cccs2)n(C2CC2)c1=S. The standard InChI is InChI=1S/C16H20N6S2/c1-19(9-12-8-17-20(2)10-12)11-21-16(23)22(13-5-6-13)15(18-21)14-4-3-7-24-14/h3-4,7-8,10,13H,5-6,9,11H2,1-2H3. The summed E-state index contributed by atoms with van der Waals surface area (Å²) < 4.78 is 6.82. The first kappa shape index (κ1) is 15.7. The molecule has 3 aromatic rings. The van der Waals surface area contributed by atoms with Gasteiger partial charge >= 0.3 is 0 Å². The lowest BCUT2D eigenvalue weighted by Crippen LogP contribution is -2.22. The lowest BCUT2D eigenvalue weighted by Gasteiger charge is -2.15. The summed E-state index contributed by atoms with van der Waals surface area (Å²) in [5, 5.41) is 11.1. The highest BCUT2D eigenvalue weighted by Gasteiger charge is 2.29. The van der Waals surface area contributed by atoms with Crippen LogP contribution in [0.1, 0.15) is 24.4 Å². The minimum absolute atomic E-state index is 0.520. The van der Waals surface area contributed by atoms with Crippen molar-refractivity contribution in [2.24, 2.45) is 7.05 Å². The summed E-state index contributed by atoms with van der Waals surface area (Å²) in [5.41, 5.74) is 1.19. The van der Waals surface area contributed by atoms with Gasteiger partial charge in [-0.1, -0.05) is 6.07 Å². The molecule has 6 nitrogen and oxygen atoms in total. The molecule has 0 unspecified atom stereocenters. The van der Waals surface area contributed by atoms with Crippen molar-refractivity contribution in [3.8, 4) is 10.7 Å². The Bertz CT molecular complexity index is 884. The van der Waals surface area contributed by atoms with E-state index in [2.05, 4.69) is 39.1 Å². The largest absolute Gasteiger partial charge is 0.296 e. The van der Waals surface area contributed by atoms with E-state index in [1.807, 2.05) is 28.8 Å². The first-order valence-corrected chi connectivity index (χ1v) is 9.30. The molecule has 3 aromatic heterocycles. The fraction of sp³-hybridized carbons (Fsp3) is 0.438. The van der Waals surface area contributed by atoms with Crippen molar-refractivity contribution in [3.63, 3.8) is 0 Å². The molecule has 0 spiro atoms. The molecule has 1 fully saturated rings. The normalized spacial score (nSPS) is 14.6. The van der Waals surface area contributed by atoms with Gasteiger partial charge in [0.25, 0.3) is 0 Å². The number of hydrogen-bond acceptors (Lipinski definition) is 5. The van der Waals surface area contributed by atoms with Crippen molar-refractivity contribution in [2.75, 3.05) is 7.05 Å². The lowest BCUT2D eigenvalue weighted by atomic mass is 10.3. The molecule has 24 heavy (non-hydrogen) atoms. The predicted molar refractivity (Wildman–Crippen MR) is 97.3 cm³/mol. The van der Waals surface area contributed by atoms with Crippen LogP contribution >= 0.6 is 23.6 Å². The fourth-order valence-electron chi connectivity index (χ4n) is 2.89. The Labute approximate surface area is 149 Å². The molecule has 0 aromatic carbocycles. The molecule has 0 radical (unpaired) electrons. The molecule has 0 saturated heterocycles. The van der Waals surface area contributed by atoms with Crippen LogP contribution in [-0.2, 0) is 20.3 Å². The average molecular weight is 361 g/mol. The van der Waals surface area contributed by atoms with Crippen LogP contribution in [-0.4, -0.2) is 36.1 Å². The summed E-state index contributed by atoms with van der Waals surface area (Å²) in [7, 11) is 4.01. The van der Waals surface area contributed by atoms with Gasteiger partial charge in [-0.05, 0) is 43.6 Å². The van der Waals surface area contributed by atoms with E-state index >= 15 is 0 Å². The molecule has 0 N–H and O–H groups in total. The molecule has 0 bridgehead atoms. The van der Waals surface area contributed by atoms with Gasteiger partial charge in [-0.25, -0.2) is 4.68 Å². The van der Waals surface area contributed by atoms with E-state index in [0.29, 0.717) is 12.7 Å². The summed E-state index contributed by atoms with van der Waals surface area (Å²) in [5.74, 6) is 1.01. The van der Waals surface area contributed by atoms with Crippen LogP contribution in [0.25, 0.3) is 10.7 Å². The van der Waals surface area contributed by atoms with E-state index in [-0.39, 0.29) is 0 Å². The number of nitrogens with zero attached hydrogens (tertiary/aromatic N) is 6. The smallest absolute Gasteiger partial charge is 0.199 e. The Morgan fingerprint density at radius 2 is 2.25 bits per heavy atom. The number of hydrogen-bond donors (Lipinski definition) is 0. The topological polar surface area (TPSA) is 43.8 Å². The van der Waals surface area contributed by atoms with E-state index in [4.69, 9.17) is 17.3 Å². The van der Waals surface area contributed by atoms with Crippen LogP contribution in [0.3, 0.4) is 0 Å². The quantitative estimate of drug-likeness (QED) is 0.633. The van der Waals surface area contributed by atoms with Crippen LogP contribution in [0.2, 0.25) is 0 Å². The average Bonchev–Trinajstić information content (AvgIpc) is 2.95. The van der Waals surface area contributed by atoms with Crippen molar-refractivity contribution in [1.29, 1.82) is 0 Å². The van der Waals surface area contributed by atoms with Gasteiger partial charge in [0.1, 0.15) is 0 Å². The Kier molecular flexibility index (Phi) is 4.11. The predicted octanol–water partition coefficient (Wildman–Crippen LogP) is 3.30. The van der Waals surface area contributed by atoms with Crippen molar-refractivity contribution >= 4 is 23.6 Å². The molecule has 0 atom stereocenters. The van der Waals surface area contributed by atoms with Crippen LogP contribution in [0, 0.1) is 4.77 Å². The van der Waals surface area contributed by atoms with E-state index in [0.717, 1.165) is 17.1 Å².